The van der Waals surface area contributed by atoms with Crippen molar-refractivity contribution in [2.24, 2.45) is 15.0 Å². The van der Waals surface area contributed by atoms with Crippen molar-refractivity contribution < 1.29 is 9.90 Å². The summed E-state index contributed by atoms with van der Waals surface area (Å²) in [6.45, 7) is 9.79. The summed E-state index contributed by atoms with van der Waals surface area (Å²) in [6.07, 6.45) is 29.0. The van der Waals surface area contributed by atoms with E-state index in [0.717, 1.165) is 31.7 Å². The highest BCUT2D eigenvalue weighted by molar-refractivity contribution is 6.45. The lowest BCUT2D eigenvalue weighted by Gasteiger charge is -2.23. The molecule has 0 saturated heterocycles. The fourth-order valence-corrected chi connectivity index (χ4v) is 6.01. The van der Waals surface area contributed by atoms with E-state index in [0.29, 0.717) is 28.6 Å². The first-order chi connectivity index (χ1) is 22.5. The number of carbonyl (C=O) groups is 1. The maximum Gasteiger partial charge on any atom is 0.205 e. The first-order valence-electron chi connectivity index (χ1n) is 18.4. The van der Waals surface area contributed by atoms with Crippen molar-refractivity contribution in [2.75, 3.05) is 18.4 Å². The van der Waals surface area contributed by atoms with Crippen LogP contribution >= 0.6 is 0 Å². The van der Waals surface area contributed by atoms with Gasteiger partial charge < -0.3 is 10.4 Å². The van der Waals surface area contributed by atoms with Crippen molar-refractivity contribution in [1.82, 2.24) is 9.97 Å². The van der Waals surface area contributed by atoms with Crippen molar-refractivity contribution in [3.8, 4) is 0 Å². The van der Waals surface area contributed by atoms with Crippen LogP contribution in [0, 0.1) is 6.92 Å². The summed E-state index contributed by atoms with van der Waals surface area (Å²) >= 11 is 0. The molecular weight excluding hydrogens is 572 g/mol. The van der Waals surface area contributed by atoms with Crippen LogP contribution in [0.2, 0.25) is 0 Å². The standard InChI is InChI=1S/C38H60N6O2/c1-5-7-9-11-13-15-17-19-21-23-25-39-37-29(3)43-31(27-41-37)33-35(45)34(36(33)46)32-28-42-38(30(4)44-32)40-26-24-22-20-18-16-14-12-10-8-6-2/h27-28,45H,5-26H2,1-4H3,(H,39,41)/b34-32+,40-38?. The van der Waals surface area contributed by atoms with Crippen LogP contribution in [0.1, 0.15) is 161 Å². The van der Waals surface area contributed by atoms with Crippen LogP contribution in [0.4, 0.5) is 5.82 Å². The summed E-state index contributed by atoms with van der Waals surface area (Å²) in [4.78, 5) is 35.8. The number of nitrogens with zero attached hydrogens (tertiary/aromatic N) is 5. The number of aliphatic imine (C=N–C) groups is 3. The van der Waals surface area contributed by atoms with Crippen LogP contribution in [0.25, 0.3) is 5.57 Å². The average molecular weight is 633 g/mol. The molecule has 2 N–H and O–H groups in total. The molecule has 2 heterocycles. The zero-order chi connectivity index (χ0) is 33.0. The molecule has 0 fully saturated rings. The maximum absolute atomic E-state index is 13.1. The van der Waals surface area contributed by atoms with Gasteiger partial charge >= 0.3 is 0 Å². The third kappa shape index (κ3) is 12.2. The number of aromatic nitrogens is 2. The smallest absolute Gasteiger partial charge is 0.205 e. The van der Waals surface area contributed by atoms with Crippen molar-refractivity contribution in [3.63, 3.8) is 0 Å². The molecule has 2 aliphatic rings. The molecule has 254 valence electrons. The van der Waals surface area contributed by atoms with E-state index >= 15 is 0 Å². The lowest BCUT2D eigenvalue weighted by Crippen LogP contribution is -2.26. The molecule has 0 radical (unpaired) electrons. The van der Waals surface area contributed by atoms with Gasteiger partial charge in [0.05, 0.1) is 46.4 Å². The molecule has 1 aliphatic carbocycles. The predicted molar refractivity (Wildman–Crippen MR) is 194 cm³/mol. The molecule has 0 atom stereocenters. The second-order valence-electron chi connectivity index (χ2n) is 13.0. The van der Waals surface area contributed by atoms with Gasteiger partial charge in [-0.15, -0.1) is 0 Å². The van der Waals surface area contributed by atoms with Crippen molar-refractivity contribution in [3.05, 3.63) is 34.6 Å². The monoisotopic (exact) mass is 632 g/mol. The lowest BCUT2D eigenvalue weighted by atomic mass is 9.84. The number of unbranched alkanes of at least 4 members (excludes halogenated alkanes) is 18. The Morgan fingerprint density at radius 2 is 1.28 bits per heavy atom. The number of ketones is 1. The van der Waals surface area contributed by atoms with Crippen molar-refractivity contribution >= 4 is 34.9 Å². The van der Waals surface area contributed by atoms with Gasteiger partial charge in [0.2, 0.25) is 5.78 Å². The largest absolute Gasteiger partial charge is 0.506 e. The number of Topliss-reactive ketones (excluding diaryl/α,β-unsaturated/α-hetero) is 1. The van der Waals surface area contributed by atoms with E-state index in [1.807, 2.05) is 13.8 Å². The minimum atomic E-state index is -0.291. The topological polar surface area (TPSA) is 112 Å². The van der Waals surface area contributed by atoms with Crippen LogP contribution in [-0.4, -0.2) is 51.7 Å². The third-order valence-electron chi connectivity index (χ3n) is 8.90. The number of allylic oxidation sites excluding steroid dienone is 3. The second kappa shape index (κ2) is 21.6. The molecule has 1 aromatic rings. The fraction of sp³-hybridized carbons (Fsp3) is 0.684. The van der Waals surface area contributed by atoms with E-state index in [4.69, 9.17) is 0 Å². The first-order valence-corrected chi connectivity index (χ1v) is 18.4. The molecule has 8 heteroatoms. The fourth-order valence-electron chi connectivity index (χ4n) is 6.01. The number of aryl methyl sites for hydroxylation is 1. The van der Waals surface area contributed by atoms with Crippen molar-refractivity contribution in [1.29, 1.82) is 0 Å². The normalized spacial score (nSPS) is 17.2. The Hall–Kier alpha value is -3.16. The maximum atomic E-state index is 13.1. The van der Waals surface area contributed by atoms with Gasteiger partial charge in [-0.3, -0.25) is 9.79 Å². The molecule has 1 aliphatic heterocycles. The molecule has 0 spiro atoms. The molecule has 1 aromatic heterocycles. The van der Waals surface area contributed by atoms with Crippen molar-refractivity contribution in [2.45, 2.75) is 156 Å². The molecule has 0 bridgehead atoms. The number of nitrogens with one attached hydrogen (secondary N) is 1. The zero-order valence-corrected chi connectivity index (χ0v) is 29.3. The number of anilines is 1. The molecule has 0 saturated carbocycles. The van der Waals surface area contributed by atoms with E-state index in [9.17, 15) is 9.90 Å². The van der Waals surface area contributed by atoms with Crippen LogP contribution in [0.3, 0.4) is 0 Å². The molecule has 8 nitrogen and oxygen atoms in total. The van der Waals surface area contributed by atoms with Gasteiger partial charge in [0, 0.05) is 13.1 Å². The van der Waals surface area contributed by atoms with Gasteiger partial charge in [-0.25, -0.2) is 20.0 Å². The van der Waals surface area contributed by atoms with Gasteiger partial charge in [-0.05, 0) is 26.7 Å². The Balaban J connectivity index is 1.41. The molecule has 0 unspecified atom stereocenters. The van der Waals surface area contributed by atoms with Crippen LogP contribution in [0.5, 0.6) is 0 Å². The molecule has 3 rings (SSSR count). The number of amidine groups is 1. The summed E-state index contributed by atoms with van der Waals surface area (Å²) < 4.78 is 0. The van der Waals surface area contributed by atoms with E-state index in [1.54, 1.807) is 6.20 Å². The minimum absolute atomic E-state index is 0.103. The van der Waals surface area contributed by atoms with Crippen LogP contribution in [-0.2, 0) is 4.79 Å². The van der Waals surface area contributed by atoms with E-state index in [-0.39, 0.29) is 22.7 Å². The van der Waals surface area contributed by atoms with Gasteiger partial charge in [-0.1, -0.05) is 129 Å². The van der Waals surface area contributed by atoms with E-state index < -0.39 is 0 Å². The minimum Gasteiger partial charge on any atom is -0.506 e. The summed E-state index contributed by atoms with van der Waals surface area (Å²) in [5.74, 6) is 0.919. The molecule has 46 heavy (non-hydrogen) atoms. The third-order valence-corrected chi connectivity index (χ3v) is 8.90. The molecular formula is C38H60N6O2. The molecule has 0 amide bonds. The predicted octanol–water partition coefficient (Wildman–Crippen LogP) is 10.1. The highest BCUT2D eigenvalue weighted by atomic mass is 16.3. The number of aliphatic hydroxyl groups is 1. The highest BCUT2D eigenvalue weighted by Crippen LogP contribution is 2.37. The Bertz CT molecular complexity index is 1260. The van der Waals surface area contributed by atoms with Gasteiger partial charge in [-0.2, -0.15) is 0 Å². The number of carbonyl (C=O) groups excluding carboxylic acids is 1. The highest BCUT2D eigenvalue weighted by Gasteiger charge is 2.39. The van der Waals surface area contributed by atoms with Crippen LogP contribution in [0.15, 0.2) is 38.2 Å². The Morgan fingerprint density at radius 1 is 0.739 bits per heavy atom. The summed E-state index contributed by atoms with van der Waals surface area (Å²) in [5.41, 5.74) is 2.45. The van der Waals surface area contributed by atoms with E-state index in [2.05, 4.69) is 44.1 Å². The Labute approximate surface area is 278 Å². The van der Waals surface area contributed by atoms with Gasteiger partial charge in [0.15, 0.2) is 5.84 Å². The lowest BCUT2D eigenvalue weighted by molar-refractivity contribution is -0.111. The quantitative estimate of drug-likeness (QED) is 0.0870. The SMILES string of the molecule is CCCCCCCCCCCCN=C1N=C/C(=C2\C(=O)C(c3cnc(NCCCCCCCCCCCC)c(C)n3)=C2O)N=C1C. The summed E-state index contributed by atoms with van der Waals surface area (Å²) in [7, 11) is 0. The molecule has 0 aromatic carbocycles. The number of hydrogen-bond acceptors (Lipinski definition) is 7. The average Bonchev–Trinajstić information content (AvgIpc) is 3.04. The van der Waals surface area contributed by atoms with E-state index in [1.165, 1.54) is 122 Å². The van der Waals surface area contributed by atoms with Gasteiger partial charge in [0.25, 0.3) is 0 Å². The number of hydrogen-bond donors (Lipinski definition) is 2. The van der Waals surface area contributed by atoms with Gasteiger partial charge in [0.1, 0.15) is 11.6 Å². The number of rotatable bonds is 24. The Kier molecular flexibility index (Phi) is 17.5. The summed E-state index contributed by atoms with van der Waals surface area (Å²) in [5, 5.41) is 14.2. The second-order valence-corrected chi connectivity index (χ2v) is 13.0. The van der Waals surface area contributed by atoms with Crippen LogP contribution < -0.4 is 5.32 Å². The summed E-state index contributed by atoms with van der Waals surface area (Å²) in [6, 6.07) is 0. The first kappa shape index (κ1) is 37.3. The zero-order valence-electron chi connectivity index (χ0n) is 29.3. The Morgan fingerprint density at radius 3 is 1.80 bits per heavy atom. The number of aliphatic hydroxyl groups excluding tert-OH is 1.